The number of hydrogen-bond acceptors (Lipinski definition) is 2. The van der Waals surface area contributed by atoms with Crippen LogP contribution in [0.5, 0.6) is 0 Å². The monoisotopic (exact) mass is 241 g/mol. The maximum atomic E-state index is 10.6. The van der Waals surface area contributed by atoms with Crippen molar-refractivity contribution in [3.05, 3.63) is 48.0 Å². The molecule has 0 radical (unpaired) electrons. The molecule has 1 atom stereocenters. The van der Waals surface area contributed by atoms with Gasteiger partial charge in [-0.25, -0.2) is 0 Å². The van der Waals surface area contributed by atoms with E-state index >= 15 is 0 Å². The van der Waals surface area contributed by atoms with Crippen molar-refractivity contribution in [1.82, 2.24) is 0 Å². The fourth-order valence-corrected chi connectivity index (χ4v) is 3.01. The quantitative estimate of drug-likeness (QED) is 0.848. The Morgan fingerprint density at radius 1 is 1.00 bits per heavy atom. The summed E-state index contributed by atoms with van der Waals surface area (Å²) in [6.45, 7) is 0. The Labute approximate surface area is 107 Å². The van der Waals surface area contributed by atoms with Crippen LogP contribution in [0.3, 0.4) is 0 Å². The Hall–Kier alpha value is -1.38. The van der Waals surface area contributed by atoms with Gasteiger partial charge in [0.1, 0.15) is 0 Å². The van der Waals surface area contributed by atoms with Crippen molar-refractivity contribution in [2.45, 2.75) is 37.3 Å². The number of aliphatic hydroxyl groups is 1. The Balaban J connectivity index is 1.98. The molecule has 3 rings (SSSR count). The van der Waals surface area contributed by atoms with Crippen LogP contribution < -0.4 is 5.73 Å². The molecule has 0 spiro atoms. The first-order chi connectivity index (χ1) is 8.69. The Bertz CT molecular complexity index is 558. The van der Waals surface area contributed by atoms with E-state index in [1.165, 1.54) is 10.8 Å². The van der Waals surface area contributed by atoms with Gasteiger partial charge < -0.3 is 10.8 Å². The normalized spacial score (nSPS) is 20.1. The lowest BCUT2D eigenvalue weighted by Gasteiger charge is -2.30. The maximum Gasteiger partial charge on any atom is 0.0839 e. The molecule has 1 aliphatic carbocycles. The molecule has 0 saturated heterocycles. The molecule has 0 bridgehead atoms. The highest BCUT2D eigenvalue weighted by Crippen LogP contribution is 2.38. The first kappa shape index (κ1) is 11.7. The van der Waals surface area contributed by atoms with E-state index in [0.29, 0.717) is 0 Å². The molecule has 94 valence electrons. The Kier molecular flexibility index (Phi) is 2.84. The van der Waals surface area contributed by atoms with Crippen LogP contribution in [0.4, 0.5) is 0 Å². The molecule has 2 aromatic rings. The molecular formula is C16H19NO. The highest BCUT2D eigenvalue weighted by atomic mass is 16.3. The molecular weight excluding hydrogens is 222 g/mol. The molecule has 2 heteroatoms. The third-order valence-corrected chi connectivity index (χ3v) is 4.18. The smallest absolute Gasteiger partial charge is 0.0839 e. The van der Waals surface area contributed by atoms with Crippen LogP contribution in [0.25, 0.3) is 10.8 Å². The highest BCUT2D eigenvalue weighted by molar-refractivity contribution is 5.83. The zero-order valence-electron chi connectivity index (χ0n) is 10.5. The van der Waals surface area contributed by atoms with Crippen molar-refractivity contribution in [1.29, 1.82) is 0 Å². The van der Waals surface area contributed by atoms with Gasteiger partial charge in [0.15, 0.2) is 0 Å². The van der Waals surface area contributed by atoms with Crippen LogP contribution in [0, 0.1) is 0 Å². The van der Waals surface area contributed by atoms with Crippen molar-refractivity contribution in [3.8, 4) is 0 Å². The van der Waals surface area contributed by atoms with Gasteiger partial charge in [-0.1, -0.05) is 49.2 Å². The fraction of sp³-hybridized carbons (Fsp3) is 0.375. The lowest BCUT2D eigenvalue weighted by Crippen LogP contribution is -2.38. The molecule has 1 aliphatic rings. The lowest BCUT2D eigenvalue weighted by atomic mass is 9.87. The molecule has 0 heterocycles. The van der Waals surface area contributed by atoms with Gasteiger partial charge in [0.05, 0.1) is 11.6 Å². The van der Waals surface area contributed by atoms with Crippen LogP contribution in [0.15, 0.2) is 42.5 Å². The van der Waals surface area contributed by atoms with Crippen LogP contribution in [-0.2, 0) is 0 Å². The van der Waals surface area contributed by atoms with Crippen molar-refractivity contribution in [2.24, 2.45) is 5.73 Å². The van der Waals surface area contributed by atoms with E-state index in [4.69, 9.17) is 5.73 Å². The third-order valence-electron chi connectivity index (χ3n) is 4.18. The maximum absolute atomic E-state index is 10.6. The summed E-state index contributed by atoms with van der Waals surface area (Å²) in [5.74, 6) is 0. The first-order valence-electron chi connectivity index (χ1n) is 6.66. The molecule has 0 aliphatic heterocycles. The minimum absolute atomic E-state index is 0.274. The van der Waals surface area contributed by atoms with E-state index in [1.54, 1.807) is 0 Å². The van der Waals surface area contributed by atoms with E-state index in [9.17, 15) is 5.11 Å². The molecule has 0 amide bonds. The predicted octanol–water partition coefficient (Wildman–Crippen LogP) is 3.14. The topological polar surface area (TPSA) is 46.2 Å². The molecule has 1 fully saturated rings. The Morgan fingerprint density at radius 3 is 2.39 bits per heavy atom. The molecule has 1 saturated carbocycles. The van der Waals surface area contributed by atoms with E-state index in [0.717, 1.165) is 31.2 Å². The molecule has 2 aromatic carbocycles. The number of fused-ring (bicyclic) bond motifs is 1. The number of hydrogen-bond donors (Lipinski definition) is 2. The van der Waals surface area contributed by atoms with Gasteiger partial charge in [-0.3, -0.25) is 0 Å². The SMILES string of the molecule is N[C@H](c1ccc2ccccc2c1)C1(O)CCCC1. The first-order valence-corrected chi connectivity index (χ1v) is 6.66. The second-order valence-electron chi connectivity index (χ2n) is 5.39. The third kappa shape index (κ3) is 1.92. The van der Waals surface area contributed by atoms with Crippen LogP contribution >= 0.6 is 0 Å². The van der Waals surface area contributed by atoms with Crippen molar-refractivity contribution in [3.63, 3.8) is 0 Å². The second-order valence-corrected chi connectivity index (χ2v) is 5.39. The summed E-state index contributed by atoms with van der Waals surface area (Å²) in [6, 6.07) is 14.2. The van der Waals surface area contributed by atoms with Gasteiger partial charge in [0.25, 0.3) is 0 Å². The van der Waals surface area contributed by atoms with Gasteiger partial charge in [0, 0.05) is 0 Å². The highest BCUT2D eigenvalue weighted by Gasteiger charge is 2.38. The molecule has 0 unspecified atom stereocenters. The summed E-state index contributed by atoms with van der Waals surface area (Å²) in [6.07, 6.45) is 3.80. The van der Waals surface area contributed by atoms with Gasteiger partial charge >= 0.3 is 0 Å². The average Bonchev–Trinajstić information content (AvgIpc) is 2.85. The Morgan fingerprint density at radius 2 is 1.67 bits per heavy atom. The van der Waals surface area contributed by atoms with Gasteiger partial charge in [0.2, 0.25) is 0 Å². The average molecular weight is 241 g/mol. The van der Waals surface area contributed by atoms with Crippen molar-refractivity contribution < 1.29 is 5.11 Å². The lowest BCUT2D eigenvalue weighted by molar-refractivity contribution is 0.0204. The molecule has 3 N–H and O–H groups in total. The number of nitrogens with two attached hydrogens (primary N) is 1. The minimum atomic E-state index is -0.706. The number of benzene rings is 2. The zero-order valence-corrected chi connectivity index (χ0v) is 10.5. The van der Waals surface area contributed by atoms with E-state index in [2.05, 4.69) is 24.3 Å². The standard InChI is InChI=1S/C16H19NO/c17-15(16(18)9-3-4-10-16)14-8-7-12-5-1-2-6-13(12)11-14/h1-2,5-8,11,15,18H,3-4,9-10,17H2/t15-/m1/s1. The summed E-state index contributed by atoms with van der Waals surface area (Å²) >= 11 is 0. The van der Waals surface area contributed by atoms with Crippen LogP contribution in [0.1, 0.15) is 37.3 Å². The molecule has 18 heavy (non-hydrogen) atoms. The number of rotatable bonds is 2. The molecule has 0 aromatic heterocycles. The second kappa shape index (κ2) is 4.38. The minimum Gasteiger partial charge on any atom is -0.388 e. The van der Waals surface area contributed by atoms with Crippen LogP contribution in [0.2, 0.25) is 0 Å². The van der Waals surface area contributed by atoms with Crippen molar-refractivity contribution >= 4 is 10.8 Å². The summed E-state index contributed by atoms with van der Waals surface area (Å²) in [7, 11) is 0. The van der Waals surface area contributed by atoms with E-state index < -0.39 is 5.60 Å². The fourth-order valence-electron chi connectivity index (χ4n) is 3.01. The van der Waals surface area contributed by atoms with E-state index in [1.807, 2.05) is 18.2 Å². The van der Waals surface area contributed by atoms with Crippen LogP contribution in [-0.4, -0.2) is 10.7 Å². The van der Waals surface area contributed by atoms with Gasteiger partial charge in [-0.2, -0.15) is 0 Å². The summed E-state index contributed by atoms with van der Waals surface area (Å²) < 4.78 is 0. The van der Waals surface area contributed by atoms with Gasteiger partial charge in [-0.15, -0.1) is 0 Å². The predicted molar refractivity (Wildman–Crippen MR) is 74.3 cm³/mol. The van der Waals surface area contributed by atoms with E-state index in [-0.39, 0.29) is 6.04 Å². The van der Waals surface area contributed by atoms with Crippen molar-refractivity contribution in [2.75, 3.05) is 0 Å². The zero-order chi connectivity index (χ0) is 12.6. The summed E-state index contributed by atoms with van der Waals surface area (Å²) in [5, 5.41) is 13.0. The summed E-state index contributed by atoms with van der Waals surface area (Å²) in [5.41, 5.74) is 6.61. The van der Waals surface area contributed by atoms with Gasteiger partial charge in [-0.05, 0) is 35.2 Å². The molecule has 2 nitrogen and oxygen atoms in total. The summed E-state index contributed by atoms with van der Waals surface area (Å²) in [4.78, 5) is 0. The largest absolute Gasteiger partial charge is 0.388 e.